The Labute approximate surface area is 178 Å². The standard InChI is InChI=1S/C26H30N2O2/c1-17(29)15-28-10-9-19-14-25-24(13-21(19)16-28)23-8-4-6-20(26(23)27-25)11-18-5-3-7-22(12-18)30-2/h3-8,12,19,21,27,29H,1,9-11,13-16H2,2H3. The van der Waals surface area contributed by atoms with Crippen LogP contribution in [0, 0.1) is 11.8 Å². The number of rotatable bonds is 5. The van der Waals surface area contributed by atoms with E-state index in [1.165, 1.54) is 39.7 Å². The van der Waals surface area contributed by atoms with Gasteiger partial charge in [0.2, 0.25) is 0 Å². The number of fused-ring (bicyclic) bond motifs is 4. The van der Waals surface area contributed by atoms with Crippen LogP contribution in [0.1, 0.15) is 28.8 Å². The maximum Gasteiger partial charge on any atom is 0.119 e. The van der Waals surface area contributed by atoms with Crippen LogP contribution in [0.3, 0.4) is 0 Å². The summed E-state index contributed by atoms with van der Waals surface area (Å²) >= 11 is 0. The Bertz CT molecular complexity index is 1080. The molecule has 1 aliphatic heterocycles. The van der Waals surface area contributed by atoms with E-state index in [2.05, 4.69) is 52.9 Å². The van der Waals surface area contributed by atoms with Crippen molar-refractivity contribution in [1.29, 1.82) is 0 Å². The number of hydrogen-bond donors (Lipinski definition) is 2. The number of aromatic amines is 1. The third kappa shape index (κ3) is 3.61. The van der Waals surface area contributed by atoms with Crippen molar-refractivity contribution in [2.45, 2.75) is 25.7 Å². The van der Waals surface area contributed by atoms with Crippen LogP contribution >= 0.6 is 0 Å². The first-order valence-corrected chi connectivity index (χ1v) is 10.9. The lowest BCUT2D eigenvalue weighted by atomic mass is 9.74. The van der Waals surface area contributed by atoms with E-state index in [1.807, 2.05) is 6.07 Å². The van der Waals surface area contributed by atoms with Gasteiger partial charge < -0.3 is 14.8 Å². The predicted molar refractivity (Wildman–Crippen MR) is 121 cm³/mol. The summed E-state index contributed by atoms with van der Waals surface area (Å²) in [4.78, 5) is 6.17. The first-order chi connectivity index (χ1) is 14.6. The molecule has 30 heavy (non-hydrogen) atoms. The second-order valence-electron chi connectivity index (χ2n) is 8.97. The summed E-state index contributed by atoms with van der Waals surface area (Å²) < 4.78 is 5.40. The number of hydrogen-bond acceptors (Lipinski definition) is 3. The molecule has 156 valence electrons. The Hall–Kier alpha value is -2.72. The van der Waals surface area contributed by atoms with Crippen molar-refractivity contribution in [3.05, 3.63) is 77.2 Å². The van der Waals surface area contributed by atoms with E-state index < -0.39 is 0 Å². The molecular weight excluding hydrogens is 372 g/mol. The number of aliphatic hydroxyl groups excluding tert-OH is 1. The molecule has 2 unspecified atom stereocenters. The Balaban J connectivity index is 1.44. The van der Waals surface area contributed by atoms with Gasteiger partial charge in [0.25, 0.3) is 0 Å². The molecule has 2 atom stereocenters. The molecule has 1 saturated heterocycles. The number of methoxy groups -OCH3 is 1. The molecule has 1 fully saturated rings. The van der Waals surface area contributed by atoms with Crippen molar-refractivity contribution in [1.82, 2.24) is 9.88 Å². The van der Waals surface area contributed by atoms with E-state index in [0.29, 0.717) is 12.5 Å². The van der Waals surface area contributed by atoms with Crippen molar-refractivity contribution in [3.8, 4) is 5.75 Å². The molecular formula is C26H30N2O2. The van der Waals surface area contributed by atoms with Crippen LogP contribution in [0.2, 0.25) is 0 Å². The molecule has 4 nitrogen and oxygen atoms in total. The monoisotopic (exact) mass is 402 g/mol. The second-order valence-corrected chi connectivity index (χ2v) is 8.97. The average Bonchev–Trinajstić information content (AvgIpc) is 3.10. The van der Waals surface area contributed by atoms with Crippen LogP contribution in [0.25, 0.3) is 10.9 Å². The van der Waals surface area contributed by atoms with Gasteiger partial charge in [-0.05, 0) is 72.9 Å². The van der Waals surface area contributed by atoms with Crippen LogP contribution < -0.4 is 4.74 Å². The van der Waals surface area contributed by atoms with Gasteiger partial charge in [-0.1, -0.05) is 36.9 Å². The molecule has 0 radical (unpaired) electrons. The number of nitrogens with one attached hydrogen (secondary N) is 1. The Morgan fingerprint density at radius 2 is 2.07 bits per heavy atom. The summed E-state index contributed by atoms with van der Waals surface area (Å²) in [6, 6.07) is 15.1. The van der Waals surface area contributed by atoms with Gasteiger partial charge in [0.15, 0.2) is 0 Å². The highest BCUT2D eigenvalue weighted by molar-refractivity contribution is 5.88. The largest absolute Gasteiger partial charge is 0.512 e. The molecule has 1 aromatic heterocycles. The maximum absolute atomic E-state index is 9.60. The highest BCUT2D eigenvalue weighted by Crippen LogP contribution is 2.39. The van der Waals surface area contributed by atoms with Gasteiger partial charge >= 0.3 is 0 Å². The highest BCUT2D eigenvalue weighted by atomic mass is 16.5. The molecule has 0 spiro atoms. The molecule has 2 aromatic carbocycles. The second kappa shape index (κ2) is 7.84. The first-order valence-electron chi connectivity index (χ1n) is 10.9. The lowest BCUT2D eigenvalue weighted by Gasteiger charge is -2.41. The van der Waals surface area contributed by atoms with Gasteiger partial charge in [-0.3, -0.25) is 4.90 Å². The molecule has 2 heterocycles. The molecule has 3 aromatic rings. The molecule has 2 aliphatic rings. The van der Waals surface area contributed by atoms with E-state index in [9.17, 15) is 5.11 Å². The highest BCUT2D eigenvalue weighted by Gasteiger charge is 2.35. The average molecular weight is 403 g/mol. The van der Waals surface area contributed by atoms with Gasteiger partial charge in [0.1, 0.15) is 5.75 Å². The third-order valence-electron chi connectivity index (χ3n) is 6.96. The number of H-pyrrole nitrogens is 1. The minimum absolute atomic E-state index is 0.277. The number of nitrogens with zero attached hydrogens (tertiary/aromatic N) is 1. The van der Waals surface area contributed by atoms with Gasteiger partial charge in [-0.25, -0.2) is 0 Å². The number of para-hydroxylation sites is 1. The van der Waals surface area contributed by atoms with Crippen molar-refractivity contribution >= 4 is 10.9 Å². The van der Waals surface area contributed by atoms with Crippen molar-refractivity contribution in [3.63, 3.8) is 0 Å². The molecule has 0 bridgehead atoms. The SMILES string of the molecule is C=C(O)CN1CCC2Cc3[nH]c4c(Cc5cccc(OC)c5)cccc4c3CC2C1. The first kappa shape index (κ1) is 19.3. The summed E-state index contributed by atoms with van der Waals surface area (Å²) in [7, 11) is 1.72. The van der Waals surface area contributed by atoms with Gasteiger partial charge in [0.05, 0.1) is 19.4 Å². The molecule has 5 rings (SSSR count). The third-order valence-corrected chi connectivity index (χ3v) is 6.96. The Morgan fingerprint density at radius 3 is 2.90 bits per heavy atom. The van der Waals surface area contributed by atoms with Gasteiger partial charge in [0, 0.05) is 23.1 Å². The molecule has 2 N–H and O–H groups in total. The minimum atomic E-state index is 0.277. The zero-order chi connectivity index (χ0) is 20.7. The number of likely N-dealkylation sites (tertiary alicyclic amines) is 1. The molecule has 1 aliphatic carbocycles. The molecule has 0 saturated carbocycles. The lowest BCUT2D eigenvalue weighted by Crippen LogP contribution is -2.44. The van der Waals surface area contributed by atoms with Crippen LogP contribution in [-0.2, 0) is 19.3 Å². The zero-order valence-electron chi connectivity index (χ0n) is 17.7. The van der Waals surface area contributed by atoms with Crippen LogP contribution in [0.15, 0.2) is 54.8 Å². The number of aromatic nitrogens is 1. The quantitative estimate of drug-likeness (QED) is 0.598. The van der Waals surface area contributed by atoms with E-state index in [-0.39, 0.29) is 5.76 Å². The minimum Gasteiger partial charge on any atom is -0.512 e. The van der Waals surface area contributed by atoms with E-state index >= 15 is 0 Å². The molecule has 0 amide bonds. The van der Waals surface area contributed by atoms with Gasteiger partial charge in [-0.2, -0.15) is 0 Å². The normalized spacial score (nSPS) is 21.2. The van der Waals surface area contributed by atoms with Crippen molar-refractivity contribution in [2.75, 3.05) is 26.7 Å². The number of aliphatic hydroxyl groups is 1. The van der Waals surface area contributed by atoms with E-state index in [0.717, 1.165) is 44.0 Å². The summed E-state index contributed by atoms with van der Waals surface area (Å²) in [5.74, 6) is 2.58. The van der Waals surface area contributed by atoms with Crippen LogP contribution in [0.5, 0.6) is 5.75 Å². The Morgan fingerprint density at radius 1 is 1.20 bits per heavy atom. The summed E-state index contributed by atoms with van der Waals surface area (Å²) in [6.45, 7) is 6.39. The maximum atomic E-state index is 9.60. The number of piperidine rings is 1. The van der Waals surface area contributed by atoms with Crippen LogP contribution in [-0.4, -0.2) is 41.7 Å². The topological polar surface area (TPSA) is 48.5 Å². The summed E-state index contributed by atoms with van der Waals surface area (Å²) in [6.07, 6.45) is 4.36. The van der Waals surface area contributed by atoms with Crippen LogP contribution in [0.4, 0.5) is 0 Å². The van der Waals surface area contributed by atoms with E-state index in [1.54, 1.807) is 7.11 Å². The fourth-order valence-corrected chi connectivity index (χ4v) is 5.53. The fourth-order valence-electron chi connectivity index (χ4n) is 5.53. The van der Waals surface area contributed by atoms with E-state index in [4.69, 9.17) is 4.74 Å². The van der Waals surface area contributed by atoms with Crippen molar-refractivity contribution < 1.29 is 9.84 Å². The smallest absolute Gasteiger partial charge is 0.119 e. The van der Waals surface area contributed by atoms with Crippen molar-refractivity contribution in [2.24, 2.45) is 11.8 Å². The lowest BCUT2D eigenvalue weighted by molar-refractivity contribution is 0.110. The number of ether oxygens (including phenoxy) is 1. The zero-order valence-corrected chi connectivity index (χ0v) is 17.7. The Kier molecular flexibility index (Phi) is 5.03. The fraction of sp³-hybridized carbons (Fsp3) is 0.385. The number of benzene rings is 2. The summed E-state index contributed by atoms with van der Waals surface area (Å²) in [5.41, 5.74) is 6.84. The van der Waals surface area contributed by atoms with Gasteiger partial charge in [-0.15, -0.1) is 0 Å². The summed E-state index contributed by atoms with van der Waals surface area (Å²) in [5, 5.41) is 11.0. The predicted octanol–water partition coefficient (Wildman–Crippen LogP) is 4.88. The molecule has 4 heteroatoms.